The van der Waals surface area contributed by atoms with Gasteiger partial charge in [-0.3, -0.25) is 10.1 Å². The second-order valence-corrected chi connectivity index (χ2v) is 17.1. The number of benzene rings is 3. The number of carbonyl (C=O) groups is 1. The molecule has 3 aromatic rings. The maximum Gasteiger partial charge on any atom is 0.410 e. The van der Waals surface area contributed by atoms with Gasteiger partial charge in [-0.25, -0.2) is 4.79 Å². The zero-order valence-corrected chi connectivity index (χ0v) is 36.3. The number of non-ortho nitro benzene ring substituents is 1. The van der Waals surface area contributed by atoms with Crippen molar-refractivity contribution in [2.75, 3.05) is 40.1 Å². The molecule has 6 unspecified atom stereocenters. The third-order valence-electron chi connectivity index (χ3n) is 11.7. The Labute approximate surface area is 364 Å². The lowest BCUT2D eigenvalue weighted by Crippen LogP contribution is -2.69. The Morgan fingerprint density at radius 1 is 1.00 bits per heavy atom. The Kier molecular flexibility index (Phi) is 15.8. The van der Waals surface area contributed by atoms with E-state index in [2.05, 4.69) is 12.7 Å². The third-order valence-corrected chi connectivity index (χ3v) is 11.7. The fourth-order valence-electron chi connectivity index (χ4n) is 8.96. The number of aliphatic hydroxyl groups excluding tert-OH is 2. The molecule has 14 nitrogen and oxygen atoms in total. The number of aliphatic hydroxyl groups is 2. The van der Waals surface area contributed by atoms with Gasteiger partial charge in [0, 0.05) is 44.2 Å². The molecule has 6 rings (SSSR count). The van der Waals surface area contributed by atoms with Crippen LogP contribution in [0.15, 0.2) is 102 Å². The van der Waals surface area contributed by atoms with Crippen molar-refractivity contribution in [1.29, 1.82) is 0 Å². The van der Waals surface area contributed by atoms with Gasteiger partial charge < -0.3 is 43.6 Å². The molecular weight excluding hydrogens is 795 g/mol. The van der Waals surface area contributed by atoms with Gasteiger partial charge in [0.25, 0.3) is 5.69 Å². The number of hydrogen-bond donors (Lipinski definition) is 2. The molecule has 1 fully saturated rings. The largest absolute Gasteiger partial charge is 0.459 e. The summed E-state index contributed by atoms with van der Waals surface area (Å²) in [5.74, 6) is -0.991. The van der Waals surface area contributed by atoms with Crippen LogP contribution in [0.25, 0.3) is 0 Å². The van der Waals surface area contributed by atoms with Gasteiger partial charge in [-0.1, -0.05) is 66.5 Å². The van der Waals surface area contributed by atoms with Crippen molar-refractivity contribution in [3.8, 4) is 17.2 Å². The number of nitrogens with zero attached hydrogens (tertiary/aromatic N) is 3. The van der Waals surface area contributed by atoms with E-state index < -0.39 is 34.4 Å². The quantitative estimate of drug-likeness (QED) is 0.0453. The Bertz CT molecular complexity index is 2050. The van der Waals surface area contributed by atoms with Crippen LogP contribution < -0.4 is 9.47 Å². The van der Waals surface area contributed by atoms with Gasteiger partial charge in [-0.15, -0.1) is 6.58 Å². The number of allylic oxidation sites excluding steroid dienone is 1. The summed E-state index contributed by atoms with van der Waals surface area (Å²) in [5, 5.41) is 36.2. The van der Waals surface area contributed by atoms with E-state index in [1.165, 1.54) is 17.0 Å². The highest BCUT2D eigenvalue weighted by Crippen LogP contribution is 2.62. The molecule has 0 bridgehead atoms. The SMILES string of the molecule is C=CCOC12Oc3ccc(Oc4cccc([N+](=O)[O-])c4)cc3C3C(CCCCO)C(CCCCO)C=C(C(=NOC(C)(C)C)CC1N(C)C(=O)OCCOCc1ccccc1)C32. The van der Waals surface area contributed by atoms with Gasteiger partial charge in [0.2, 0.25) is 5.79 Å². The van der Waals surface area contributed by atoms with Crippen molar-refractivity contribution in [1.82, 2.24) is 4.90 Å². The second kappa shape index (κ2) is 21.2. The molecule has 334 valence electrons. The summed E-state index contributed by atoms with van der Waals surface area (Å²) in [5.41, 5.74) is 2.68. The molecule has 1 amide bonds. The predicted octanol–water partition coefficient (Wildman–Crippen LogP) is 9.10. The Balaban J connectivity index is 1.46. The number of carbonyl (C=O) groups excluding carboxylic acids is 1. The van der Waals surface area contributed by atoms with Crippen LogP contribution in [0, 0.1) is 27.9 Å². The van der Waals surface area contributed by atoms with Crippen molar-refractivity contribution in [3.63, 3.8) is 0 Å². The zero-order chi connectivity index (χ0) is 44.3. The topological polar surface area (TPSA) is 172 Å². The number of likely N-dealkylation sites (N-methyl/N-ethyl adjacent to an activating group) is 1. The van der Waals surface area contributed by atoms with E-state index in [9.17, 15) is 25.1 Å². The van der Waals surface area contributed by atoms with Crippen LogP contribution in [-0.2, 0) is 25.7 Å². The van der Waals surface area contributed by atoms with E-state index in [0.29, 0.717) is 42.4 Å². The van der Waals surface area contributed by atoms with Gasteiger partial charge in [-0.05, 0) is 93.7 Å². The Morgan fingerprint density at radius 3 is 2.45 bits per heavy atom. The number of nitro benzene ring substituents is 1. The van der Waals surface area contributed by atoms with Crippen LogP contribution in [0.4, 0.5) is 10.5 Å². The van der Waals surface area contributed by atoms with E-state index in [1.54, 1.807) is 31.3 Å². The number of hydrogen-bond acceptors (Lipinski definition) is 12. The fourth-order valence-corrected chi connectivity index (χ4v) is 8.96. The summed E-state index contributed by atoms with van der Waals surface area (Å²) >= 11 is 0. The summed E-state index contributed by atoms with van der Waals surface area (Å²) in [6.45, 7) is 10.6. The van der Waals surface area contributed by atoms with Crippen LogP contribution in [0.5, 0.6) is 17.2 Å². The van der Waals surface area contributed by atoms with Crippen molar-refractivity contribution in [3.05, 3.63) is 118 Å². The van der Waals surface area contributed by atoms with Crippen molar-refractivity contribution in [2.45, 2.75) is 95.7 Å². The Morgan fingerprint density at radius 2 is 1.74 bits per heavy atom. The van der Waals surface area contributed by atoms with Crippen LogP contribution in [0.1, 0.15) is 82.8 Å². The zero-order valence-electron chi connectivity index (χ0n) is 36.3. The molecule has 0 aromatic heterocycles. The van der Waals surface area contributed by atoms with Gasteiger partial charge in [0.1, 0.15) is 35.5 Å². The maximum absolute atomic E-state index is 14.1. The standard InChI is InChI=1S/C48H61N3O11/c1-6-25-59-48-43(50(5)46(54)58-27-26-57-32-33-15-8-7-9-16-33)31-41(49-62-47(2,3)4)39-28-34(17-10-12-23-52)38(20-11-13-24-53)44(45(39)48)40-30-37(21-22-42(40)61-48)60-36-19-14-18-35(29-36)51(55)56/h6-9,14-16,18-19,21-22,28-30,34,38,43-45,52-53H,1,10-13,17,20,23-27,31-32H2,2-5H3. The molecule has 0 spiro atoms. The number of amides is 1. The molecule has 3 aromatic carbocycles. The molecule has 2 aliphatic carbocycles. The maximum atomic E-state index is 14.1. The first-order valence-corrected chi connectivity index (χ1v) is 21.6. The molecule has 14 heteroatoms. The van der Waals surface area contributed by atoms with Crippen LogP contribution in [0.2, 0.25) is 0 Å². The van der Waals surface area contributed by atoms with E-state index in [4.69, 9.17) is 33.7 Å². The second-order valence-electron chi connectivity index (χ2n) is 17.1. The molecule has 62 heavy (non-hydrogen) atoms. The van der Waals surface area contributed by atoms with Crippen LogP contribution >= 0.6 is 0 Å². The van der Waals surface area contributed by atoms with E-state index in [-0.39, 0.29) is 62.9 Å². The predicted molar refractivity (Wildman–Crippen MR) is 234 cm³/mol. The van der Waals surface area contributed by atoms with E-state index in [1.807, 2.05) is 63.2 Å². The molecule has 0 saturated heterocycles. The van der Waals surface area contributed by atoms with Crippen LogP contribution in [0.3, 0.4) is 0 Å². The average Bonchev–Trinajstić information content (AvgIpc) is 3.26. The van der Waals surface area contributed by atoms with Gasteiger partial charge in [0.15, 0.2) is 0 Å². The highest BCUT2D eigenvalue weighted by molar-refractivity contribution is 6.03. The first kappa shape index (κ1) is 46.2. The fraction of sp³-hybridized carbons (Fsp3) is 0.500. The minimum absolute atomic E-state index is 0.0148. The highest BCUT2D eigenvalue weighted by atomic mass is 16.7. The van der Waals surface area contributed by atoms with Gasteiger partial charge >= 0.3 is 6.09 Å². The first-order chi connectivity index (χ1) is 29.9. The van der Waals surface area contributed by atoms with E-state index >= 15 is 0 Å². The van der Waals surface area contributed by atoms with Crippen molar-refractivity contribution >= 4 is 17.5 Å². The highest BCUT2D eigenvalue weighted by Gasteiger charge is 2.65. The molecule has 6 atom stereocenters. The number of ether oxygens (including phenoxy) is 5. The minimum atomic E-state index is -1.47. The average molecular weight is 856 g/mol. The number of rotatable bonds is 21. The smallest absolute Gasteiger partial charge is 0.410 e. The molecule has 1 heterocycles. The third kappa shape index (κ3) is 11.0. The lowest BCUT2D eigenvalue weighted by molar-refractivity contribution is -0.384. The van der Waals surface area contributed by atoms with E-state index in [0.717, 1.165) is 42.4 Å². The van der Waals surface area contributed by atoms with Gasteiger partial charge in [-0.2, -0.15) is 0 Å². The Hall–Kier alpha value is -5.28. The van der Waals surface area contributed by atoms with Crippen molar-refractivity contribution < 1.29 is 48.5 Å². The molecule has 0 radical (unpaired) electrons. The summed E-state index contributed by atoms with van der Waals surface area (Å²) in [6.07, 6.45) is 7.88. The lowest BCUT2D eigenvalue weighted by Gasteiger charge is -2.59. The number of fused-ring (bicyclic) bond motifs is 2. The number of oxime groups is 1. The molecule has 3 aliphatic rings. The summed E-state index contributed by atoms with van der Waals surface area (Å²) in [4.78, 5) is 33.0. The minimum Gasteiger partial charge on any atom is -0.459 e. The number of nitro groups is 1. The molecule has 1 saturated carbocycles. The summed E-state index contributed by atoms with van der Waals surface area (Å²) in [7, 11) is 1.68. The summed E-state index contributed by atoms with van der Waals surface area (Å²) < 4.78 is 32.1. The first-order valence-electron chi connectivity index (χ1n) is 21.6. The molecular formula is C48H61N3O11. The normalized spacial score (nSPS) is 23.3. The monoisotopic (exact) mass is 855 g/mol. The number of unbranched alkanes of at least 4 members (excludes halogenated alkanes) is 2. The molecule has 2 N–H and O–H groups in total. The summed E-state index contributed by atoms with van der Waals surface area (Å²) in [6, 6.07) is 20.5. The van der Waals surface area contributed by atoms with Gasteiger partial charge in [0.05, 0.1) is 42.4 Å². The molecule has 1 aliphatic heterocycles. The van der Waals surface area contributed by atoms with Crippen LogP contribution in [-0.4, -0.2) is 89.4 Å². The lowest BCUT2D eigenvalue weighted by atomic mass is 9.55. The van der Waals surface area contributed by atoms with Crippen molar-refractivity contribution in [2.24, 2.45) is 22.9 Å².